The van der Waals surface area contributed by atoms with E-state index in [0.717, 1.165) is 13.8 Å². The molecule has 24 heavy (non-hydrogen) atoms. The SMILES string of the molecule is CC(=O)O.CC(=O)O.COc1cc(O)c(CC2OC2(C)C)cc1O. The molecule has 1 unspecified atom stereocenters. The van der Waals surface area contributed by atoms with Crippen LogP contribution in [-0.2, 0) is 20.7 Å². The molecule has 0 radical (unpaired) electrons. The zero-order valence-corrected chi connectivity index (χ0v) is 14.4. The van der Waals surface area contributed by atoms with E-state index in [1.165, 1.54) is 19.2 Å². The number of hydrogen-bond donors (Lipinski definition) is 4. The molecule has 1 aliphatic rings. The van der Waals surface area contributed by atoms with E-state index in [-0.39, 0.29) is 29.0 Å². The first kappa shape index (κ1) is 21.5. The van der Waals surface area contributed by atoms with Gasteiger partial charge < -0.3 is 29.9 Å². The zero-order chi connectivity index (χ0) is 19.1. The van der Waals surface area contributed by atoms with Gasteiger partial charge in [-0.3, -0.25) is 9.59 Å². The van der Waals surface area contributed by atoms with Crippen LogP contribution in [0.5, 0.6) is 17.2 Å². The lowest BCUT2D eigenvalue weighted by atomic mass is 10.0. The fourth-order valence-electron chi connectivity index (χ4n) is 1.75. The van der Waals surface area contributed by atoms with Gasteiger partial charge in [-0.2, -0.15) is 0 Å². The van der Waals surface area contributed by atoms with Crippen LogP contribution in [0, 0.1) is 0 Å². The largest absolute Gasteiger partial charge is 0.508 e. The summed E-state index contributed by atoms with van der Waals surface area (Å²) in [6.45, 7) is 6.16. The summed E-state index contributed by atoms with van der Waals surface area (Å²) < 4.78 is 10.3. The molecule has 0 aliphatic carbocycles. The number of aromatic hydroxyl groups is 2. The molecule has 1 saturated heterocycles. The second kappa shape index (κ2) is 8.97. The van der Waals surface area contributed by atoms with Crippen molar-refractivity contribution in [2.75, 3.05) is 7.11 Å². The third-order valence-electron chi connectivity index (χ3n) is 2.95. The summed E-state index contributed by atoms with van der Waals surface area (Å²) in [5, 5.41) is 34.2. The molecule has 0 spiro atoms. The number of benzene rings is 1. The summed E-state index contributed by atoms with van der Waals surface area (Å²) in [7, 11) is 1.45. The van der Waals surface area contributed by atoms with E-state index in [1.54, 1.807) is 0 Å². The molecule has 136 valence electrons. The van der Waals surface area contributed by atoms with E-state index in [2.05, 4.69) is 0 Å². The van der Waals surface area contributed by atoms with E-state index in [9.17, 15) is 10.2 Å². The first-order valence-electron chi connectivity index (χ1n) is 7.06. The van der Waals surface area contributed by atoms with Gasteiger partial charge in [-0.1, -0.05) is 0 Å². The Bertz CT molecular complexity index is 560. The molecule has 0 amide bonds. The van der Waals surface area contributed by atoms with Crippen LogP contribution in [0.2, 0.25) is 0 Å². The van der Waals surface area contributed by atoms with Crippen molar-refractivity contribution in [3.8, 4) is 17.2 Å². The fourth-order valence-corrected chi connectivity index (χ4v) is 1.75. The third kappa shape index (κ3) is 8.23. The van der Waals surface area contributed by atoms with Crippen LogP contribution in [0.25, 0.3) is 0 Å². The quantitative estimate of drug-likeness (QED) is 0.483. The van der Waals surface area contributed by atoms with Crippen molar-refractivity contribution < 1.29 is 39.5 Å². The first-order valence-corrected chi connectivity index (χ1v) is 7.06. The number of methoxy groups -OCH3 is 1. The Morgan fingerprint density at radius 2 is 1.54 bits per heavy atom. The van der Waals surface area contributed by atoms with Crippen LogP contribution < -0.4 is 4.74 Å². The van der Waals surface area contributed by atoms with Gasteiger partial charge in [0, 0.05) is 31.9 Å². The predicted octanol–water partition coefficient (Wildman–Crippen LogP) is 2.01. The maximum absolute atomic E-state index is 9.75. The van der Waals surface area contributed by atoms with Crippen molar-refractivity contribution in [3.05, 3.63) is 17.7 Å². The molecule has 2 rings (SSSR count). The molecule has 1 atom stereocenters. The van der Waals surface area contributed by atoms with Gasteiger partial charge >= 0.3 is 0 Å². The lowest BCUT2D eigenvalue weighted by Gasteiger charge is -2.08. The van der Waals surface area contributed by atoms with Gasteiger partial charge in [0.2, 0.25) is 0 Å². The molecular formula is C16H24O8. The first-order chi connectivity index (χ1) is 10.9. The van der Waals surface area contributed by atoms with Gasteiger partial charge in [-0.25, -0.2) is 0 Å². The highest BCUT2D eigenvalue weighted by Crippen LogP contribution is 2.41. The smallest absolute Gasteiger partial charge is 0.300 e. The van der Waals surface area contributed by atoms with E-state index in [1.807, 2.05) is 13.8 Å². The zero-order valence-electron chi connectivity index (χ0n) is 14.4. The monoisotopic (exact) mass is 344 g/mol. The molecule has 1 aliphatic heterocycles. The highest BCUT2D eigenvalue weighted by molar-refractivity contribution is 5.63. The number of aliphatic carboxylic acids is 2. The summed E-state index contributed by atoms with van der Waals surface area (Å²) in [4.78, 5) is 18.0. The molecule has 1 aromatic carbocycles. The van der Waals surface area contributed by atoms with Gasteiger partial charge in [-0.05, 0) is 19.9 Å². The molecule has 1 aromatic rings. The number of epoxide rings is 1. The number of phenolic OH excluding ortho intramolecular Hbond substituents is 2. The number of ether oxygens (including phenoxy) is 2. The number of phenols is 2. The lowest BCUT2D eigenvalue weighted by molar-refractivity contribution is -0.135. The number of rotatable bonds is 3. The molecule has 0 bridgehead atoms. The topological polar surface area (TPSA) is 137 Å². The second-order valence-corrected chi connectivity index (χ2v) is 5.60. The molecule has 1 fully saturated rings. The van der Waals surface area contributed by atoms with Gasteiger partial charge in [0.25, 0.3) is 11.9 Å². The van der Waals surface area contributed by atoms with Crippen LogP contribution in [0.3, 0.4) is 0 Å². The summed E-state index contributed by atoms with van der Waals surface area (Å²) in [5.41, 5.74) is 0.552. The average Bonchev–Trinajstić information content (AvgIpc) is 2.99. The molecule has 8 nitrogen and oxygen atoms in total. The third-order valence-corrected chi connectivity index (χ3v) is 2.95. The standard InChI is InChI=1S/C12H16O4.2C2H4O2/c1-12(2)11(16-12)5-7-4-9(14)10(15-3)6-8(7)13;2*1-2(3)4/h4,6,11,13-14H,5H2,1-3H3;2*1H3,(H,3,4). The van der Waals surface area contributed by atoms with Crippen molar-refractivity contribution in [3.63, 3.8) is 0 Å². The fraction of sp³-hybridized carbons (Fsp3) is 0.500. The Morgan fingerprint density at radius 1 is 1.12 bits per heavy atom. The molecule has 8 heteroatoms. The number of carboxylic acid groups (broad SMARTS) is 2. The maximum Gasteiger partial charge on any atom is 0.300 e. The highest BCUT2D eigenvalue weighted by atomic mass is 16.6. The van der Waals surface area contributed by atoms with E-state index in [4.69, 9.17) is 29.3 Å². The Kier molecular flexibility index (Phi) is 8.05. The Morgan fingerprint density at radius 3 is 1.88 bits per heavy atom. The van der Waals surface area contributed by atoms with Gasteiger partial charge in [-0.15, -0.1) is 0 Å². The van der Waals surface area contributed by atoms with Crippen molar-refractivity contribution in [2.24, 2.45) is 0 Å². The minimum atomic E-state index is -0.833. The number of hydrogen-bond acceptors (Lipinski definition) is 6. The van der Waals surface area contributed by atoms with Crippen molar-refractivity contribution >= 4 is 11.9 Å². The minimum Gasteiger partial charge on any atom is -0.508 e. The van der Waals surface area contributed by atoms with Crippen LogP contribution in [0.1, 0.15) is 33.3 Å². The second-order valence-electron chi connectivity index (χ2n) is 5.60. The molecular weight excluding hydrogens is 320 g/mol. The average molecular weight is 344 g/mol. The van der Waals surface area contributed by atoms with Crippen molar-refractivity contribution in [2.45, 2.75) is 45.8 Å². The van der Waals surface area contributed by atoms with Crippen LogP contribution in [-0.4, -0.2) is 51.2 Å². The summed E-state index contributed by atoms with van der Waals surface area (Å²) in [6, 6.07) is 2.94. The molecule has 1 heterocycles. The summed E-state index contributed by atoms with van der Waals surface area (Å²) in [5.74, 6) is -1.23. The van der Waals surface area contributed by atoms with Gasteiger partial charge in [0.15, 0.2) is 11.5 Å². The van der Waals surface area contributed by atoms with Crippen LogP contribution in [0.4, 0.5) is 0 Å². The Labute approximate surface area is 140 Å². The van der Waals surface area contributed by atoms with Gasteiger partial charge in [0.05, 0.1) is 18.8 Å². The summed E-state index contributed by atoms with van der Waals surface area (Å²) >= 11 is 0. The van der Waals surface area contributed by atoms with E-state index >= 15 is 0 Å². The molecule has 0 aromatic heterocycles. The Balaban J connectivity index is 0.000000558. The maximum atomic E-state index is 9.75. The van der Waals surface area contributed by atoms with Crippen LogP contribution >= 0.6 is 0 Å². The highest BCUT2D eigenvalue weighted by Gasteiger charge is 2.47. The number of carboxylic acids is 2. The van der Waals surface area contributed by atoms with Gasteiger partial charge in [0.1, 0.15) is 5.75 Å². The summed E-state index contributed by atoms with van der Waals surface area (Å²) in [6.07, 6.45) is 0.697. The minimum absolute atomic E-state index is 0.0359. The normalized spacial score (nSPS) is 16.6. The lowest BCUT2D eigenvalue weighted by Crippen LogP contribution is -2.05. The Hall–Kier alpha value is -2.48. The van der Waals surface area contributed by atoms with Crippen molar-refractivity contribution in [1.82, 2.24) is 0 Å². The van der Waals surface area contributed by atoms with E-state index < -0.39 is 11.9 Å². The van der Waals surface area contributed by atoms with Crippen LogP contribution in [0.15, 0.2) is 12.1 Å². The molecule has 0 saturated carbocycles. The van der Waals surface area contributed by atoms with E-state index in [0.29, 0.717) is 12.0 Å². The predicted molar refractivity (Wildman–Crippen MR) is 85.6 cm³/mol. The van der Waals surface area contributed by atoms with Crippen molar-refractivity contribution in [1.29, 1.82) is 0 Å². The molecule has 4 N–H and O–H groups in total. The number of carbonyl (C=O) groups is 2.